The molecule has 1 saturated heterocycles. The molecule has 1 fully saturated rings. The van der Waals surface area contributed by atoms with Gasteiger partial charge in [0.1, 0.15) is 5.82 Å². The number of morpholine rings is 1. The normalized spacial score (nSPS) is 14.4. The predicted octanol–water partition coefficient (Wildman–Crippen LogP) is 3.74. The Morgan fingerprint density at radius 2 is 1.84 bits per heavy atom. The van der Waals surface area contributed by atoms with Crippen LogP contribution in [0.4, 0.5) is 17.5 Å². The Morgan fingerprint density at radius 3 is 2.54 bits per heavy atom. The van der Waals surface area contributed by atoms with Gasteiger partial charge in [0, 0.05) is 37.7 Å². The van der Waals surface area contributed by atoms with Gasteiger partial charge < -0.3 is 20.7 Å². The van der Waals surface area contributed by atoms with Crippen molar-refractivity contribution in [1.82, 2.24) is 19.9 Å². The van der Waals surface area contributed by atoms with Crippen molar-refractivity contribution in [2.45, 2.75) is 39.2 Å². The molecule has 9 nitrogen and oxygen atoms in total. The van der Waals surface area contributed by atoms with Crippen molar-refractivity contribution < 1.29 is 9.53 Å². The number of ether oxygens (including phenoxy) is 1. The minimum Gasteiger partial charge on any atom is -0.379 e. The number of anilines is 3. The number of benzene rings is 1. The number of carbonyl (C=O) groups excluding carboxylic acids is 1. The lowest BCUT2D eigenvalue weighted by Gasteiger charge is -2.27. The smallest absolute Gasteiger partial charge is 0.252 e. The zero-order chi connectivity index (χ0) is 26.3. The highest BCUT2D eigenvalue weighted by Crippen LogP contribution is 2.31. The maximum Gasteiger partial charge on any atom is 0.252 e. The Bertz CT molecular complexity index is 1170. The van der Waals surface area contributed by atoms with E-state index in [4.69, 9.17) is 15.5 Å². The molecule has 37 heavy (non-hydrogen) atoms. The molecule has 0 saturated carbocycles. The third-order valence-electron chi connectivity index (χ3n) is 6.42. The highest BCUT2D eigenvalue weighted by atomic mass is 16.5. The second kappa shape index (κ2) is 12.1. The number of nitrogens with one attached hydrogen (secondary N) is 1. The van der Waals surface area contributed by atoms with E-state index in [9.17, 15) is 4.79 Å². The van der Waals surface area contributed by atoms with Crippen LogP contribution < -0.4 is 16.0 Å². The Morgan fingerprint density at radius 1 is 1.08 bits per heavy atom. The molecule has 3 heterocycles. The van der Waals surface area contributed by atoms with Gasteiger partial charge in [0.25, 0.3) is 5.91 Å². The fourth-order valence-corrected chi connectivity index (χ4v) is 4.29. The van der Waals surface area contributed by atoms with Gasteiger partial charge in [-0.15, -0.1) is 0 Å². The molecule has 0 radical (unpaired) electrons. The van der Waals surface area contributed by atoms with Gasteiger partial charge >= 0.3 is 0 Å². The number of aromatic nitrogens is 3. The van der Waals surface area contributed by atoms with Crippen LogP contribution >= 0.6 is 0 Å². The third-order valence-corrected chi connectivity index (χ3v) is 6.42. The molecule has 0 unspecified atom stereocenters. The zero-order valence-corrected chi connectivity index (χ0v) is 22.0. The van der Waals surface area contributed by atoms with Gasteiger partial charge in [-0.25, -0.2) is 15.0 Å². The fourth-order valence-electron chi connectivity index (χ4n) is 4.29. The molecule has 3 N–H and O–H groups in total. The van der Waals surface area contributed by atoms with E-state index < -0.39 is 5.91 Å². The molecule has 1 aromatic carbocycles. The van der Waals surface area contributed by atoms with Crippen LogP contribution in [0, 0.1) is 0 Å². The summed E-state index contributed by atoms with van der Waals surface area (Å²) in [4.78, 5) is 30.3. The standard InChI is InChI=1S/C28H37N7O2/c1-28(2,3)21-7-9-23(10-8-21)35(26-24(25(29)36)6-4-12-30-26)20-22-11-14-32-27(33-22)31-13-5-15-34-16-18-37-19-17-34/h4,6-12,14H,5,13,15-20H2,1-3H3,(H2,29,36)(H,31,32,33). The van der Waals surface area contributed by atoms with Crippen LogP contribution in [-0.4, -0.2) is 65.2 Å². The van der Waals surface area contributed by atoms with Gasteiger partial charge in [-0.3, -0.25) is 9.69 Å². The summed E-state index contributed by atoms with van der Waals surface area (Å²) in [5.74, 6) is 0.556. The number of hydrogen-bond donors (Lipinski definition) is 2. The van der Waals surface area contributed by atoms with Gasteiger partial charge in [-0.2, -0.15) is 0 Å². The predicted molar refractivity (Wildman–Crippen MR) is 146 cm³/mol. The molecule has 0 bridgehead atoms. The van der Waals surface area contributed by atoms with Crippen LogP contribution in [0.1, 0.15) is 48.8 Å². The molecule has 0 spiro atoms. The molecule has 9 heteroatoms. The van der Waals surface area contributed by atoms with E-state index in [2.05, 4.69) is 53.1 Å². The quantitative estimate of drug-likeness (QED) is 0.403. The van der Waals surface area contributed by atoms with Gasteiger partial charge in [-0.05, 0) is 54.3 Å². The SMILES string of the molecule is CC(C)(C)c1ccc(N(Cc2ccnc(NCCCN3CCOCC3)n2)c2ncccc2C(N)=O)cc1. The van der Waals surface area contributed by atoms with E-state index in [1.165, 1.54) is 5.56 Å². The molecular weight excluding hydrogens is 466 g/mol. The van der Waals surface area contributed by atoms with Crippen molar-refractivity contribution in [3.8, 4) is 0 Å². The van der Waals surface area contributed by atoms with Crippen molar-refractivity contribution in [2.75, 3.05) is 49.6 Å². The summed E-state index contributed by atoms with van der Waals surface area (Å²) in [5, 5.41) is 3.34. The number of rotatable bonds is 10. The summed E-state index contributed by atoms with van der Waals surface area (Å²) in [6.07, 6.45) is 4.41. The molecule has 3 aromatic rings. The maximum atomic E-state index is 12.2. The number of primary amides is 1. The second-order valence-electron chi connectivity index (χ2n) is 10.2. The van der Waals surface area contributed by atoms with Gasteiger partial charge in [0.05, 0.1) is 31.0 Å². The van der Waals surface area contributed by atoms with Gasteiger partial charge in [-0.1, -0.05) is 32.9 Å². The summed E-state index contributed by atoms with van der Waals surface area (Å²) in [6, 6.07) is 13.6. The minimum atomic E-state index is -0.523. The first kappa shape index (κ1) is 26.5. The summed E-state index contributed by atoms with van der Waals surface area (Å²) in [7, 11) is 0. The molecule has 1 aliphatic rings. The minimum absolute atomic E-state index is 0.0295. The van der Waals surface area contributed by atoms with Crippen LogP contribution in [-0.2, 0) is 16.7 Å². The Kier molecular flexibility index (Phi) is 8.68. The highest BCUT2D eigenvalue weighted by Gasteiger charge is 2.20. The number of nitrogens with two attached hydrogens (primary N) is 1. The van der Waals surface area contributed by atoms with E-state index in [1.807, 2.05) is 23.1 Å². The van der Waals surface area contributed by atoms with Crippen LogP contribution in [0.3, 0.4) is 0 Å². The third kappa shape index (κ3) is 7.24. The van der Waals surface area contributed by atoms with Crippen molar-refractivity contribution in [3.05, 3.63) is 71.7 Å². The number of pyridine rings is 1. The maximum absolute atomic E-state index is 12.2. The molecule has 2 aromatic heterocycles. The topological polar surface area (TPSA) is 110 Å². The van der Waals surface area contributed by atoms with E-state index in [-0.39, 0.29) is 5.41 Å². The first-order valence-electron chi connectivity index (χ1n) is 12.8. The average Bonchev–Trinajstić information content (AvgIpc) is 2.90. The highest BCUT2D eigenvalue weighted by molar-refractivity contribution is 5.98. The van der Waals surface area contributed by atoms with Crippen molar-refractivity contribution in [2.24, 2.45) is 5.73 Å². The zero-order valence-electron chi connectivity index (χ0n) is 22.0. The number of amides is 1. The number of carbonyl (C=O) groups is 1. The summed E-state index contributed by atoms with van der Waals surface area (Å²) >= 11 is 0. The Balaban J connectivity index is 1.52. The number of nitrogens with zero attached hydrogens (tertiary/aromatic N) is 5. The summed E-state index contributed by atoms with van der Waals surface area (Å²) in [5.41, 5.74) is 9.00. The lowest BCUT2D eigenvalue weighted by atomic mass is 9.87. The van der Waals surface area contributed by atoms with E-state index in [1.54, 1.807) is 24.5 Å². The van der Waals surface area contributed by atoms with E-state index >= 15 is 0 Å². The van der Waals surface area contributed by atoms with Crippen molar-refractivity contribution >= 4 is 23.4 Å². The molecule has 4 rings (SSSR count). The lowest BCUT2D eigenvalue weighted by Crippen LogP contribution is -2.37. The molecule has 196 valence electrons. The van der Waals surface area contributed by atoms with Gasteiger partial charge in [0.2, 0.25) is 5.95 Å². The van der Waals surface area contributed by atoms with E-state index in [0.29, 0.717) is 23.9 Å². The molecule has 0 atom stereocenters. The van der Waals surface area contributed by atoms with Crippen molar-refractivity contribution in [3.63, 3.8) is 0 Å². The van der Waals surface area contributed by atoms with Crippen LogP contribution in [0.5, 0.6) is 0 Å². The monoisotopic (exact) mass is 503 g/mol. The molecular formula is C28H37N7O2. The summed E-state index contributed by atoms with van der Waals surface area (Å²) < 4.78 is 5.41. The molecule has 1 amide bonds. The Labute approximate surface area is 219 Å². The Hall–Kier alpha value is -3.56. The number of hydrogen-bond acceptors (Lipinski definition) is 8. The molecule has 0 aliphatic carbocycles. The van der Waals surface area contributed by atoms with Crippen LogP contribution in [0.2, 0.25) is 0 Å². The van der Waals surface area contributed by atoms with Crippen LogP contribution in [0.15, 0.2) is 54.9 Å². The first-order valence-corrected chi connectivity index (χ1v) is 12.8. The van der Waals surface area contributed by atoms with E-state index in [0.717, 1.165) is 57.2 Å². The fraction of sp³-hybridized carbons (Fsp3) is 0.429. The first-order chi connectivity index (χ1) is 17.8. The van der Waals surface area contributed by atoms with Crippen LogP contribution in [0.25, 0.3) is 0 Å². The molecule has 1 aliphatic heterocycles. The largest absolute Gasteiger partial charge is 0.379 e. The lowest BCUT2D eigenvalue weighted by molar-refractivity contribution is 0.0378. The summed E-state index contributed by atoms with van der Waals surface area (Å²) in [6.45, 7) is 12.3. The van der Waals surface area contributed by atoms with Crippen molar-refractivity contribution in [1.29, 1.82) is 0 Å². The second-order valence-corrected chi connectivity index (χ2v) is 10.2. The average molecular weight is 504 g/mol. The van der Waals surface area contributed by atoms with Gasteiger partial charge in [0.15, 0.2) is 0 Å².